The lowest BCUT2D eigenvalue weighted by Crippen LogP contribution is -2.48. The Balaban J connectivity index is 1.29. The van der Waals surface area contributed by atoms with Gasteiger partial charge in [0.1, 0.15) is 0 Å². The fourth-order valence-corrected chi connectivity index (χ4v) is 6.67. The van der Waals surface area contributed by atoms with E-state index < -0.39 is 10.0 Å². The Morgan fingerprint density at radius 3 is 2.45 bits per heavy atom. The number of nitrogens with zero attached hydrogens (tertiary/aromatic N) is 3. The molecule has 1 atom stereocenters. The molecule has 7 heteroatoms. The van der Waals surface area contributed by atoms with Gasteiger partial charge in [0.15, 0.2) is 0 Å². The highest BCUT2D eigenvalue weighted by Crippen LogP contribution is 2.34. The van der Waals surface area contributed by atoms with Crippen molar-refractivity contribution >= 4 is 32.4 Å². The van der Waals surface area contributed by atoms with E-state index in [4.69, 9.17) is 0 Å². The summed E-state index contributed by atoms with van der Waals surface area (Å²) in [6.45, 7) is 6.69. The number of amides is 1. The molecule has 0 spiro atoms. The van der Waals surface area contributed by atoms with Gasteiger partial charge in [-0.15, -0.1) is 0 Å². The van der Waals surface area contributed by atoms with Crippen LogP contribution in [0.5, 0.6) is 0 Å². The topological polar surface area (TPSA) is 60.9 Å². The molecule has 5 rings (SSSR count). The molecule has 3 aromatic carbocycles. The van der Waals surface area contributed by atoms with E-state index in [1.165, 1.54) is 16.3 Å². The molecule has 6 nitrogen and oxygen atoms in total. The van der Waals surface area contributed by atoms with Crippen molar-refractivity contribution in [3.05, 3.63) is 71.8 Å². The molecule has 2 aliphatic rings. The zero-order valence-corrected chi connectivity index (χ0v) is 19.9. The minimum Gasteiger partial charge on any atom is -0.309 e. The van der Waals surface area contributed by atoms with Crippen LogP contribution in [0.15, 0.2) is 65.6 Å². The van der Waals surface area contributed by atoms with E-state index in [-0.39, 0.29) is 11.9 Å². The molecule has 1 amide bonds. The maximum absolute atomic E-state index is 13.4. The van der Waals surface area contributed by atoms with E-state index in [2.05, 4.69) is 41.3 Å². The van der Waals surface area contributed by atoms with Gasteiger partial charge in [-0.25, -0.2) is 8.42 Å². The van der Waals surface area contributed by atoms with Crippen molar-refractivity contribution in [2.75, 3.05) is 31.1 Å². The molecule has 0 bridgehead atoms. The molecule has 1 unspecified atom stereocenters. The summed E-state index contributed by atoms with van der Waals surface area (Å²) in [6.07, 6.45) is 0.678. The second kappa shape index (κ2) is 8.56. The third-order valence-corrected chi connectivity index (χ3v) is 8.74. The molecule has 2 heterocycles. The molecule has 2 aliphatic heterocycles. The van der Waals surface area contributed by atoms with Gasteiger partial charge in [0.2, 0.25) is 15.9 Å². The summed E-state index contributed by atoms with van der Waals surface area (Å²) in [5.74, 6) is -0.0147. The average molecular weight is 464 g/mol. The van der Waals surface area contributed by atoms with Gasteiger partial charge in [0, 0.05) is 51.4 Å². The van der Waals surface area contributed by atoms with Crippen LogP contribution in [0.2, 0.25) is 0 Å². The fraction of sp³-hybridized carbons (Fsp3) is 0.346. The van der Waals surface area contributed by atoms with Crippen molar-refractivity contribution in [1.29, 1.82) is 0 Å². The Kier molecular flexibility index (Phi) is 5.72. The van der Waals surface area contributed by atoms with Crippen molar-refractivity contribution in [3.8, 4) is 0 Å². The van der Waals surface area contributed by atoms with Crippen LogP contribution in [0.4, 0.5) is 5.69 Å². The number of fused-ring (bicyclic) bond motifs is 2. The predicted molar refractivity (Wildman–Crippen MR) is 131 cm³/mol. The van der Waals surface area contributed by atoms with Crippen LogP contribution in [0.25, 0.3) is 10.8 Å². The second-order valence-corrected chi connectivity index (χ2v) is 11.0. The van der Waals surface area contributed by atoms with Gasteiger partial charge in [0.25, 0.3) is 0 Å². The van der Waals surface area contributed by atoms with Crippen LogP contribution in [-0.4, -0.2) is 55.8 Å². The molecule has 172 valence electrons. The molecule has 0 saturated carbocycles. The Bertz CT molecular complexity index is 1310. The summed E-state index contributed by atoms with van der Waals surface area (Å²) in [5, 5.41) is 2.48. The predicted octanol–water partition coefficient (Wildman–Crippen LogP) is 3.64. The monoisotopic (exact) mass is 463 g/mol. The number of benzene rings is 3. The van der Waals surface area contributed by atoms with Gasteiger partial charge in [-0.05, 0) is 53.4 Å². The molecule has 3 aromatic rings. The van der Waals surface area contributed by atoms with Crippen molar-refractivity contribution in [2.45, 2.75) is 37.8 Å². The summed E-state index contributed by atoms with van der Waals surface area (Å²) in [4.78, 5) is 16.4. The van der Waals surface area contributed by atoms with E-state index in [1.54, 1.807) is 34.3 Å². The maximum Gasteiger partial charge on any atom is 0.243 e. The van der Waals surface area contributed by atoms with Crippen molar-refractivity contribution < 1.29 is 13.2 Å². The van der Waals surface area contributed by atoms with E-state index in [0.717, 1.165) is 17.8 Å². The molecule has 1 saturated heterocycles. The highest BCUT2D eigenvalue weighted by atomic mass is 32.2. The lowest BCUT2D eigenvalue weighted by molar-refractivity contribution is -0.116. The normalized spacial score (nSPS) is 19.7. The minimum atomic E-state index is -3.57. The number of sulfonamides is 1. The molecule has 0 N–H and O–H groups in total. The first-order valence-corrected chi connectivity index (χ1v) is 12.9. The van der Waals surface area contributed by atoms with Crippen LogP contribution in [0.3, 0.4) is 0 Å². The largest absolute Gasteiger partial charge is 0.309 e. The zero-order valence-electron chi connectivity index (χ0n) is 19.1. The first-order chi connectivity index (χ1) is 15.8. The summed E-state index contributed by atoms with van der Waals surface area (Å²) in [7, 11) is -3.57. The molecule has 0 aromatic heterocycles. The minimum absolute atomic E-state index is 0.0147. The molecule has 1 fully saturated rings. The standard InChI is InChI=1S/C26H29N3O3S/c1-19-16-23-17-24(10-11-26(23)29(19)20(2)30)33(31,32)28-14-12-27(13-15-28)18-22-8-5-7-21-6-3-4-9-25(21)22/h3-11,17,19H,12-16,18H2,1-2H3. The Hall–Kier alpha value is -2.74. The molecule has 0 aliphatic carbocycles. The Morgan fingerprint density at radius 1 is 0.970 bits per heavy atom. The molecule has 0 radical (unpaired) electrons. The molecule has 33 heavy (non-hydrogen) atoms. The number of carbonyl (C=O) groups excluding carboxylic acids is 1. The molecular weight excluding hydrogens is 434 g/mol. The van der Waals surface area contributed by atoms with Crippen LogP contribution < -0.4 is 4.90 Å². The van der Waals surface area contributed by atoms with Gasteiger partial charge in [-0.2, -0.15) is 4.31 Å². The molecular formula is C26H29N3O3S. The second-order valence-electron chi connectivity index (χ2n) is 9.05. The van der Waals surface area contributed by atoms with Crippen LogP contribution in [0.1, 0.15) is 25.0 Å². The number of carbonyl (C=O) groups is 1. The number of rotatable bonds is 4. The summed E-state index contributed by atoms with van der Waals surface area (Å²) in [5.41, 5.74) is 3.02. The van der Waals surface area contributed by atoms with Gasteiger partial charge < -0.3 is 4.90 Å². The van der Waals surface area contributed by atoms with E-state index in [9.17, 15) is 13.2 Å². The fourth-order valence-electron chi connectivity index (χ4n) is 5.20. The number of piperazine rings is 1. The summed E-state index contributed by atoms with van der Waals surface area (Å²) < 4.78 is 28.3. The first kappa shape index (κ1) is 22.1. The van der Waals surface area contributed by atoms with E-state index in [0.29, 0.717) is 37.5 Å². The van der Waals surface area contributed by atoms with E-state index in [1.807, 2.05) is 13.0 Å². The highest BCUT2D eigenvalue weighted by molar-refractivity contribution is 7.89. The third-order valence-electron chi connectivity index (χ3n) is 6.85. The zero-order chi connectivity index (χ0) is 23.2. The van der Waals surface area contributed by atoms with Crippen LogP contribution in [0, 0.1) is 0 Å². The third kappa shape index (κ3) is 4.05. The Labute approximate surface area is 195 Å². The van der Waals surface area contributed by atoms with E-state index >= 15 is 0 Å². The summed E-state index contributed by atoms with van der Waals surface area (Å²) in [6, 6.07) is 20.0. The number of hydrogen-bond acceptors (Lipinski definition) is 4. The van der Waals surface area contributed by atoms with Crippen molar-refractivity contribution in [3.63, 3.8) is 0 Å². The van der Waals surface area contributed by atoms with Crippen molar-refractivity contribution in [2.24, 2.45) is 0 Å². The number of hydrogen-bond donors (Lipinski definition) is 0. The van der Waals surface area contributed by atoms with Gasteiger partial charge in [-0.1, -0.05) is 42.5 Å². The van der Waals surface area contributed by atoms with Gasteiger partial charge in [-0.3, -0.25) is 9.69 Å². The average Bonchev–Trinajstić information content (AvgIpc) is 3.15. The maximum atomic E-state index is 13.4. The SMILES string of the molecule is CC(=O)N1c2ccc(S(=O)(=O)N3CCN(Cc4cccc5ccccc45)CC3)cc2CC1C. The van der Waals surface area contributed by atoms with Gasteiger partial charge in [0.05, 0.1) is 4.90 Å². The lowest BCUT2D eigenvalue weighted by atomic mass is 10.0. The van der Waals surface area contributed by atoms with Crippen molar-refractivity contribution in [1.82, 2.24) is 9.21 Å². The Morgan fingerprint density at radius 2 is 1.70 bits per heavy atom. The smallest absolute Gasteiger partial charge is 0.243 e. The lowest BCUT2D eigenvalue weighted by Gasteiger charge is -2.34. The quantitative estimate of drug-likeness (QED) is 0.593. The summed E-state index contributed by atoms with van der Waals surface area (Å²) >= 11 is 0. The van der Waals surface area contributed by atoms with Gasteiger partial charge >= 0.3 is 0 Å². The van der Waals surface area contributed by atoms with Crippen LogP contribution in [-0.2, 0) is 27.8 Å². The highest BCUT2D eigenvalue weighted by Gasteiger charge is 2.33. The van der Waals surface area contributed by atoms with Crippen LogP contribution >= 0.6 is 0 Å². The first-order valence-electron chi connectivity index (χ1n) is 11.5. The number of anilines is 1.